The molecule has 168 valence electrons. The summed E-state index contributed by atoms with van der Waals surface area (Å²) in [6.07, 6.45) is -0.810. The third-order valence-corrected chi connectivity index (χ3v) is 6.06. The molecule has 3 aromatic rings. The molecule has 1 fully saturated rings. The molecule has 1 aliphatic heterocycles. The number of aryl methyl sites for hydroxylation is 1. The molecule has 0 radical (unpaired) electrons. The first-order valence-corrected chi connectivity index (χ1v) is 11.2. The van der Waals surface area contributed by atoms with Gasteiger partial charge in [0.2, 0.25) is 0 Å². The Labute approximate surface area is 189 Å². The number of aliphatic hydroxyl groups is 1. The molecule has 5 heteroatoms. The second kappa shape index (κ2) is 10.7. The SMILES string of the molecule is Cc1ccccc1C(OCC(O)CN1CCN(c2ccccc2F)CC1)c1ccccc1. The number of rotatable bonds is 8. The van der Waals surface area contributed by atoms with Gasteiger partial charge in [0.05, 0.1) is 18.4 Å². The van der Waals surface area contributed by atoms with Crippen molar-refractivity contribution >= 4 is 5.69 Å². The van der Waals surface area contributed by atoms with Crippen LogP contribution in [0.15, 0.2) is 78.9 Å². The van der Waals surface area contributed by atoms with Crippen LogP contribution in [0.4, 0.5) is 10.1 Å². The molecule has 2 unspecified atom stereocenters. The molecule has 0 spiro atoms. The van der Waals surface area contributed by atoms with E-state index in [4.69, 9.17) is 4.74 Å². The van der Waals surface area contributed by atoms with Crippen molar-refractivity contribution in [3.63, 3.8) is 0 Å². The van der Waals surface area contributed by atoms with Crippen molar-refractivity contribution in [3.05, 3.63) is 101 Å². The van der Waals surface area contributed by atoms with E-state index >= 15 is 0 Å². The number of benzene rings is 3. The van der Waals surface area contributed by atoms with Crippen LogP contribution in [0, 0.1) is 12.7 Å². The Balaban J connectivity index is 1.33. The minimum Gasteiger partial charge on any atom is -0.389 e. The van der Waals surface area contributed by atoms with Crippen LogP contribution in [-0.4, -0.2) is 55.4 Å². The maximum Gasteiger partial charge on any atom is 0.146 e. The first kappa shape index (κ1) is 22.5. The monoisotopic (exact) mass is 434 g/mol. The first-order valence-electron chi connectivity index (χ1n) is 11.2. The Morgan fingerprint density at radius 2 is 1.53 bits per heavy atom. The number of hydrogen-bond donors (Lipinski definition) is 1. The maximum atomic E-state index is 14.1. The van der Waals surface area contributed by atoms with Crippen LogP contribution in [0.25, 0.3) is 0 Å². The molecular weight excluding hydrogens is 403 g/mol. The Bertz CT molecular complexity index is 990. The lowest BCUT2D eigenvalue weighted by Crippen LogP contribution is -2.49. The predicted molar refractivity (Wildman–Crippen MR) is 126 cm³/mol. The van der Waals surface area contributed by atoms with Gasteiger partial charge in [-0.1, -0.05) is 66.7 Å². The van der Waals surface area contributed by atoms with Crippen LogP contribution < -0.4 is 4.90 Å². The largest absolute Gasteiger partial charge is 0.389 e. The quantitative estimate of drug-likeness (QED) is 0.569. The number of anilines is 1. The Morgan fingerprint density at radius 3 is 2.25 bits per heavy atom. The summed E-state index contributed by atoms with van der Waals surface area (Å²) in [6.45, 7) is 5.92. The molecule has 0 aromatic heterocycles. The van der Waals surface area contributed by atoms with Crippen LogP contribution in [0.2, 0.25) is 0 Å². The zero-order chi connectivity index (χ0) is 22.3. The molecule has 1 aliphatic rings. The van der Waals surface area contributed by atoms with E-state index in [-0.39, 0.29) is 18.5 Å². The van der Waals surface area contributed by atoms with Crippen LogP contribution >= 0.6 is 0 Å². The van der Waals surface area contributed by atoms with Crippen molar-refractivity contribution in [2.24, 2.45) is 0 Å². The third kappa shape index (κ3) is 5.54. The van der Waals surface area contributed by atoms with Gasteiger partial charge in [-0.15, -0.1) is 0 Å². The van der Waals surface area contributed by atoms with Gasteiger partial charge in [0.1, 0.15) is 11.9 Å². The fraction of sp³-hybridized carbons (Fsp3) is 0.333. The fourth-order valence-electron chi connectivity index (χ4n) is 4.31. The molecule has 0 bridgehead atoms. The summed E-state index contributed by atoms with van der Waals surface area (Å²) >= 11 is 0. The molecule has 3 aromatic carbocycles. The smallest absolute Gasteiger partial charge is 0.146 e. The fourth-order valence-corrected chi connectivity index (χ4v) is 4.31. The Morgan fingerprint density at radius 1 is 0.875 bits per heavy atom. The molecular formula is C27H31FN2O2. The molecule has 0 saturated carbocycles. The van der Waals surface area contributed by atoms with Crippen LogP contribution in [0.5, 0.6) is 0 Å². The van der Waals surface area contributed by atoms with Crippen LogP contribution in [-0.2, 0) is 4.74 Å². The van der Waals surface area contributed by atoms with Crippen molar-refractivity contribution in [2.45, 2.75) is 19.1 Å². The van der Waals surface area contributed by atoms with E-state index < -0.39 is 6.10 Å². The van der Waals surface area contributed by atoms with Gasteiger partial charge in [-0.05, 0) is 35.7 Å². The molecule has 1 saturated heterocycles. The summed E-state index contributed by atoms with van der Waals surface area (Å²) in [4.78, 5) is 4.29. The third-order valence-electron chi connectivity index (χ3n) is 6.06. The summed E-state index contributed by atoms with van der Waals surface area (Å²) in [5.74, 6) is -0.183. The van der Waals surface area contributed by atoms with Gasteiger partial charge in [-0.3, -0.25) is 4.90 Å². The minimum atomic E-state index is -0.592. The maximum absolute atomic E-state index is 14.1. The second-order valence-corrected chi connectivity index (χ2v) is 8.37. The lowest BCUT2D eigenvalue weighted by Gasteiger charge is -2.37. The number of para-hydroxylation sites is 1. The number of β-amino-alcohol motifs (C(OH)–C–C–N with tert-alkyl or cyclic N) is 1. The van der Waals surface area contributed by atoms with Gasteiger partial charge in [0, 0.05) is 32.7 Å². The van der Waals surface area contributed by atoms with Gasteiger partial charge in [0.25, 0.3) is 0 Å². The normalized spacial score (nSPS) is 16.7. The summed E-state index contributed by atoms with van der Waals surface area (Å²) in [7, 11) is 0. The van der Waals surface area contributed by atoms with E-state index in [9.17, 15) is 9.50 Å². The van der Waals surface area contributed by atoms with E-state index in [0.717, 1.165) is 37.3 Å². The van der Waals surface area contributed by atoms with Crippen molar-refractivity contribution in [2.75, 3.05) is 44.2 Å². The minimum absolute atomic E-state index is 0.183. The van der Waals surface area contributed by atoms with Crippen molar-refractivity contribution in [1.29, 1.82) is 0 Å². The highest BCUT2D eigenvalue weighted by Gasteiger charge is 2.23. The van der Waals surface area contributed by atoms with E-state index in [0.29, 0.717) is 12.2 Å². The standard InChI is InChI=1S/C27H31FN2O2/c1-21-9-5-6-12-24(21)27(22-10-3-2-4-11-22)32-20-23(31)19-29-15-17-30(18-16-29)26-14-8-7-13-25(26)28/h2-14,23,27,31H,15-20H2,1H3. The van der Waals surface area contributed by atoms with E-state index in [1.165, 1.54) is 11.6 Å². The summed E-state index contributed by atoms with van der Waals surface area (Å²) in [5, 5.41) is 10.7. The summed E-state index contributed by atoms with van der Waals surface area (Å²) in [6, 6.07) is 25.2. The second-order valence-electron chi connectivity index (χ2n) is 8.37. The lowest BCUT2D eigenvalue weighted by molar-refractivity contribution is -0.00912. The van der Waals surface area contributed by atoms with Crippen LogP contribution in [0.1, 0.15) is 22.8 Å². The number of nitrogens with zero attached hydrogens (tertiary/aromatic N) is 2. The van der Waals surface area contributed by atoms with E-state index in [1.54, 1.807) is 6.07 Å². The molecule has 0 aliphatic carbocycles. The van der Waals surface area contributed by atoms with Gasteiger partial charge in [-0.25, -0.2) is 4.39 Å². The first-order chi connectivity index (χ1) is 15.6. The highest BCUT2D eigenvalue weighted by atomic mass is 19.1. The van der Waals surface area contributed by atoms with Gasteiger partial charge in [-0.2, -0.15) is 0 Å². The molecule has 4 rings (SSSR count). The number of piperazine rings is 1. The lowest BCUT2D eigenvalue weighted by atomic mass is 9.97. The number of hydrogen-bond acceptors (Lipinski definition) is 4. The Hall–Kier alpha value is -2.73. The molecule has 0 amide bonds. The van der Waals surface area contributed by atoms with Gasteiger partial charge >= 0.3 is 0 Å². The van der Waals surface area contributed by atoms with Gasteiger partial charge in [0.15, 0.2) is 0 Å². The average Bonchev–Trinajstić information content (AvgIpc) is 2.82. The summed E-state index contributed by atoms with van der Waals surface area (Å²) in [5.41, 5.74) is 4.01. The number of halogens is 1. The van der Waals surface area contributed by atoms with Crippen LogP contribution in [0.3, 0.4) is 0 Å². The number of aliphatic hydroxyl groups excluding tert-OH is 1. The molecule has 32 heavy (non-hydrogen) atoms. The van der Waals surface area contributed by atoms with Crippen molar-refractivity contribution in [1.82, 2.24) is 4.90 Å². The van der Waals surface area contributed by atoms with E-state index in [2.05, 4.69) is 41.0 Å². The Kier molecular flexibility index (Phi) is 7.53. The number of ether oxygens (including phenoxy) is 1. The zero-order valence-electron chi connectivity index (χ0n) is 18.5. The molecule has 4 nitrogen and oxygen atoms in total. The highest BCUT2D eigenvalue weighted by molar-refractivity contribution is 5.48. The average molecular weight is 435 g/mol. The molecule has 1 heterocycles. The summed E-state index contributed by atoms with van der Waals surface area (Å²) < 4.78 is 20.3. The van der Waals surface area contributed by atoms with Crippen molar-refractivity contribution < 1.29 is 14.2 Å². The zero-order valence-corrected chi connectivity index (χ0v) is 18.5. The highest BCUT2D eigenvalue weighted by Crippen LogP contribution is 2.28. The van der Waals surface area contributed by atoms with Gasteiger partial charge < -0.3 is 14.7 Å². The molecule has 1 N–H and O–H groups in total. The topological polar surface area (TPSA) is 35.9 Å². The van der Waals surface area contributed by atoms with E-state index in [1.807, 2.05) is 42.5 Å². The molecule has 2 atom stereocenters. The predicted octanol–water partition coefficient (Wildman–Crippen LogP) is 4.42. The van der Waals surface area contributed by atoms with Crippen molar-refractivity contribution in [3.8, 4) is 0 Å².